The molecule has 0 radical (unpaired) electrons. The lowest BCUT2D eigenvalue weighted by atomic mass is 10.2. The molecule has 0 aliphatic rings. The molecule has 0 fully saturated rings. The van der Waals surface area contributed by atoms with Gasteiger partial charge in [-0.25, -0.2) is 0 Å². The second-order valence-corrected chi connectivity index (χ2v) is 5.73. The van der Waals surface area contributed by atoms with Gasteiger partial charge in [0.05, 0.1) is 6.10 Å². The van der Waals surface area contributed by atoms with Crippen LogP contribution < -0.4 is 10.1 Å². The summed E-state index contributed by atoms with van der Waals surface area (Å²) in [5.41, 5.74) is 1.88. The van der Waals surface area contributed by atoms with Crippen LogP contribution in [0, 0.1) is 0 Å². The molecule has 0 aliphatic carbocycles. The lowest BCUT2D eigenvalue weighted by Gasteiger charge is -2.14. The largest absolute Gasteiger partial charge is 0.491 e. The quantitative estimate of drug-likeness (QED) is 0.727. The molecule has 112 valence electrons. The zero-order chi connectivity index (χ0) is 15.2. The monoisotopic (exact) mass is 323 g/mol. The molecule has 1 atom stereocenters. The van der Waals surface area contributed by atoms with Gasteiger partial charge in [-0.1, -0.05) is 42.3 Å². The van der Waals surface area contributed by atoms with Crippen molar-refractivity contribution in [2.24, 2.45) is 0 Å². The van der Waals surface area contributed by atoms with Gasteiger partial charge in [0.1, 0.15) is 5.75 Å². The van der Waals surface area contributed by atoms with Gasteiger partial charge >= 0.3 is 0 Å². The molecule has 1 unspecified atom stereocenters. The minimum absolute atomic E-state index is 0.207. The Kier molecular flexibility index (Phi) is 5.77. The van der Waals surface area contributed by atoms with Crippen LogP contribution in [-0.4, -0.2) is 6.10 Å². The Bertz CT molecular complexity index is 581. The molecule has 0 aromatic heterocycles. The van der Waals surface area contributed by atoms with E-state index in [-0.39, 0.29) is 6.10 Å². The molecular formula is C17H19Cl2NO. The van der Waals surface area contributed by atoms with Crippen molar-refractivity contribution in [1.82, 2.24) is 0 Å². The van der Waals surface area contributed by atoms with Gasteiger partial charge in [-0.15, -0.1) is 0 Å². The Morgan fingerprint density at radius 3 is 2.43 bits per heavy atom. The Labute approximate surface area is 136 Å². The lowest BCUT2D eigenvalue weighted by Crippen LogP contribution is -2.09. The summed E-state index contributed by atoms with van der Waals surface area (Å²) in [5, 5.41) is 4.66. The summed E-state index contributed by atoms with van der Waals surface area (Å²) in [6, 6.07) is 13.4. The van der Waals surface area contributed by atoms with Crippen LogP contribution in [0.5, 0.6) is 5.75 Å². The molecule has 2 aromatic carbocycles. The number of hydrogen-bond acceptors (Lipinski definition) is 2. The molecule has 0 amide bonds. The number of ether oxygens (including phenoxy) is 1. The van der Waals surface area contributed by atoms with Crippen LogP contribution in [0.15, 0.2) is 42.5 Å². The van der Waals surface area contributed by atoms with Gasteiger partial charge in [-0.3, -0.25) is 0 Å². The van der Waals surface area contributed by atoms with Crippen LogP contribution in [0.25, 0.3) is 0 Å². The summed E-state index contributed by atoms with van der Waals surface area (Å²) in [6.45, 7) is 4.74. The molecule has 21 heavy (non-hydrogen) atoms. The van der Waals surface area contributed by atoms with E-state index in [0.717, 1.165) is 23.4 Å². The van der Waals surface area contributed by atoms with Crippen molar-refractivity contribution in [3.8, 4) is 5.75 Å². The topological polar surface area (TPSA) is 21.3 Å². The van der Waals surface area contributed by atoms with E-state index < -0.39 is 0 Å². The smallest absolute Gasteiger partial charge is 0.121 e. The van der Waals surface area contributed by atoms with Crippen molar-refractivity contribution >= 4 is 28.9 Å². The van der Waals surface area contributed by atoms with E-state index in [1.165, 1.54) is 0 Å². The first-order valence-corrected chi connectivity index (χ1v) is 7.79. The molecule has 0 heterocycles. The van der Waals surface area contributed by atoms with Crippen LogP contribution in [0.2, 0.25) is 10.0 Å². The second-order valence-electron chi connectivity index (χ2n) is 4.92. The van der Waals surface area contributed by atoms with Crippen molar-refractivity contribution in [2.45, 2.75) is 32.9 Å². The Morgan fingerprint density at radius 1 is 1.10 bits per heavy atom. The van der Waals surface area contributed by atoms with Gasteiger partial charge < -0.3 is 10.1 Å². The minimum atomic E-state index is 0.207. The molecule has 2 aromatic rings. The van der Waals surface area contributed by atoms with Crippen LogP contribution in [-0.2, 0) is 6.54 Å². The maximum Gasteiger partial charge on any atom is 0.121 e. The number of anilines is 1. The molecule has 1 N–H and O–H groups in total. The molecule has 4 heteroatoms. The highest BCUT2D eigenvalue weighted by Gasteiger charge is 2.06. The third-order valence-corrected chi connectivity index (χ3v) is 3.99. The Balaban J connectivity index is 2.05. The number of halogens is 2. The fourth-order valence-corrected chi connectivity index (χ4v) is 2.42. The van der Waals surface area contributed by atoms with Gasteiger partial charge in [0, 0.05) is 33.9 Å². The SMILES string of the molecule is CCC(C)Oc1cccc(NCc2c(Cl)cccc2Cl)c1. The summed E-state index contributed by atoms with van der Waals surface area (Å²) in [5.74, 6) is 0.861. The molecule has 2 rings (SSSR count). The molecule has 0 aliphatic heterocycles. The molecule has 0 saturated carbocycles. The number of benzene rings is 2. The van der Waals surface area contributed by atoms with E-state index in [0.29, 0.717) is 16.6 Å². The first-order valence-electron chi connectivity index (χ1n) is 7.03. The van der Waals surface area contributed by atoms with Gasteiger partial charge in [0.15, 0.2) is 0 Å². The zero-order valence-corrected chi connectivity index (χ0v) is 13.7. The fraction of sp³-hybridized carbons (Fsp3) is 0.294. The highest BCUT2D eigenvalue weighted by atomic mass is 35.5. The van der Waals surface area contributed by atoms with Gasteiger partial charge in [-0.2, -0.15) is 0 Å². The standard InChI is InChI=1S/C17H19Cl2NO/c1-3-12(2)21-14-7-4-6-13(10-14)20-11-15-16(18)8-5-9-17(15)19/h4-10,12,20H,3,11H2,1-2H3. The van der Waals surface area contributed by atoms with E-state index in [1.807, 2.05) is 42.5 Å². The maximum absolute atomic E-state index is 6.17. The van der Waals surface area contributed by atoms with Crippen molar-refractivity contribution < 1.29 is 4.74 Å². The second kappa shape index (κ2) is 7.58. The normalized spacial score (nSPS) is 12.0. The summed E-state index contributed by atoms with van der Waals surface area (Å²) in [7, 11) is 0. The number of nitrogens with one attached hydrogen (secondary N) is 1. The molecular weight excluding hydrogens is 305 g/mol. The van der Waals surface area contributed by atoms with Crippen molar-refractivity contribution in [3.63, 3.8) is 0 Å². The van der Waals surface area contributed by atoms with Crippen LogP contribution >= 0.6 is 23.2 Å². The van der Waals surface area contributed by atoms with E-state index in [9.17, 15) is 0 Å². The van der Waals surface area contributed by atoms with Gasteiger partial charge in [0.25, 0.3) is 0 Å². The average Bonchev–Trinajstić information content (AvgIpc) is 2.47. The van der Waals surface area contributed by atoms with Crippen molar-refractivity contribution in [1.29, 1.82) is 0 Å². The highest BCUT2D eigenvalue weighted by molar-refractivity contribution is 6.36. The van der Waals surface area contributed by atoms with E-state index in [1.54, 1.807) is 0 Å². The summed E-state index contributed by atoms with van der Waals surface area (Å²) in [6.07, 6.45) is 1.19. The predicted octanol–water partition coefficient (Wildman–Crippen LogP) is 5.78. The third-order valence-electron chi connectivity index (χ3n) is 3.28. The van der Waals surface area contributed by atoms with Crippen molar-refractivity contribution in [3.05, 3.63) is 58.1 Å². The Morgan fingerprint density at radius 2 is 1.76 bits per heavy atom. The summed E-state index contributed by atoms with van der Waals surface area (Å²) >= 11 is 12.3. The van der Waals surface area contributed by atoms with Crippen LogP contribution in [0.3, 0.4) is 0 Å². The highest BCUT2D eigenvalue weighted by Crippen LogP contribution is 2.26. The molecule has 0 saturated heterocycles. The average molecular weight is 324 g/mol. The number of hydrogen-bond donors (Lipinski definition) is 1. The molecule has 0 spiro atoms. The summed E-state index contributed by atoms with van der Waals surface area (Å²) < 4.78 is 5.81. The zero-order valence-electron chi connectivity index (χ0n) is 12.2. The van der Waals surface area contributed by atoms with Crippen LogP contribution in [0.4, 0.5) is 5.69 Å². The lowest BCUT2D eigenvalue weighted by molar-refractivity contribution is 0.217. The fourth-order valence-electron chi connectivity index (χ4n) is 1.89. The maximum atomic E-state index is 6.17. The molecule has 2 nitrogen and oxygen atoms in total. The van der Waals surface area contributed by atoms with E-state index >= 15 is 0 Å². The third kappa shape index (κ3) is 4.55. The van der Waals surface area contributed by atoms with Gasteiger partial charge in [0.2, 0.25) is 0 Å². The van der Waals surface area contributed by atoms with Crippen LogP contribution in [0.1, 0.15) is 25.8 Å². The predicted molar refractivity (Wildman–Crippen MR) is 90.6 cm³/mol. The summed E-state index contributed by atoms with van der Waals surface area (Å²) in [4.78, 5) is 0. The minimum Gasteiger partial charge on any atom is -0.491 e. The Hall–Kier alpha value is -1.38. The van der Waals surface area contributed by atoms with Gasteiger partial charge in [-0.05, 0) is 37.6 Å². The number of rotatable bonds is 6. The van der Waals surface area contributed by atoms with E-state index in [2.05, 4.69) is 19.2 Å². The van der Waals surface area contributed by atoms with Crippen molar-refractivity contribution in [2.75, 3.05) is 5.32 Å². The first kappa shape index (κ1) is 16.0. The molecule has 0 bridgehead atoms. The van der Waals surface area contributed by atoms with E-state index in [4.69, 9.17) is 27.9 Å². The first-order chi connectivity index (χ1) is 10.1.